The predicted octanol–water partition coefficient (Wildman–Crippen LogP) is 2.72. The number of hydrogen-bond acceptors (Lipinski definition) is 1. The maximum atomic E-state index is 5.45. The largest absolute Gasteiger partial charge is 0.498 e. The Morgan fingerprint density at radius 1 is 1.31 bits per heavy atom. The fourth-order valence-electron chi connectivity index (χ4n) is 1.55. The Bertz CT molecular complexity index is 326. The van der Waals surface area contributed by atoms with Gasteiger partial charge in [-0.05, 0) is 30.5 Å². The van der Waals surface area contributed by atoms with Gasteiger partial charge in [-0.1, -0.05) is 24.3 Å². The summed E-state index contributed by atoms with van der Waals surface area (Å²) in [7, 11) is 0. The van der Waals surface area contributed by atoms with Gasteiger partial charge >= 0.3 is 0 Å². The maximum Gasteiger partial charge on any atom is 0.101 e. The highest BCUT2D eigenvalue weighted by Crippen LogP contribution is 2.22. The van der Waals surface area contributed by atoms with Gasteiger partial charge in [0.25, 0.3) is 0 Å². The van der Waals surface area contributed by atoms with Gasteiger partial charge in [0.1, 0.15) is 5.76 Å². The third-order valence-electron chi connectivity index (χ3n) is 2.19. The summed E-state index contributed by atoms with van der Waals surface area (Å²) in [6.07, 6.45) is 5.22. The summed E-state index contributed by atoms with van der Waals surface area (Å²) in [5.41, 5.74) is 2.67. The van der Waals surface area contributed by atoms with E-state index in [-0.39, 0.29) is 0 Å². The van der Waals surface area contributed by atoms with E-state index in [1.807, 2.05) is 6.92 Å². The highest BCUT2D eigenvalue weighted by Gasteiger charge is 2.10. The zero-order valence-corrected chi connectivity index (χ0v) is 7.79. The first-order valence-corrected chi connectivity index (χ1v) is 4.66. The smallest absolute Gasteiger partial charge is 0.101 e. The van der Waals surface area contributed by atoms with Gasteiger partial charge in [-0.25, -0.2) is 0 Å². The van der Waals surface area contributed by atoms with Crippen molar-refractivity contribution in [2.24, 2.45) is 0 Å². The van der Waals surface area contributed by atoms with Crippen molar-refractivity contribution in [2.75, 3.05) is 6.61 Å². The molecule has 1 radical (unpaired) electrons. The molecule has 0 amide bonds. The van der Waals surface area contributed by atoms with Crippen LogP contribution in [-0.4, -0.2) is 6.61 Å². The van der Waals surface area contributed by atoms with Crippen LogP contribution in [0.4, 0.5) is 0 Å². The molecule has 1 aromatic carbocycles. The van der Waals surface area contributed by atoms with Crippen LogP contribution in [0.15, 0.2) is 36.1 Å². The van der Waals surface area contributed by atoms with Crippen LogP contribution < -0.4 is 0 Å². The Labute approximate surface area is 79.0 Å². The second-order valence-electron chi connectivity index (χ2n) is 3.09. The number of rotatable bonds is 2. The van der Waals surface area contributed by atoms with Crippen molar-refractivity contribution in [1.82, 2.24) is 0 Å². The molecule has 0 spiro atoms. The molecule has 0 saturated heterocycles. The van der Waals surface area contributed by atoms with E-state index in [0.29, 0.717) is 0 Å². The SMILES string of the molecule is CCOC1=CCc2ccccc2[CH]1. The zero-order valence-electron chi connectivity index (χ0n) is 7.79. The number of fused-ring (bicyclic) bond motifs is 1. The van der Waals surface area contributed by atoms with Gasteiger partial charge in [0.05, 0.1) is 13.0 Å². The summed E-state index contributed by atoms with van der Waals surface area (Å²) in [6, 6.07) is 8.42. The molecule has 13 heavy (non-hydrogen) atoms. The molecule has 67 valence electrons. The summed E-state index contributed by atoms with van der Waals surface area (Å²) in [5, 5.41) is 0. The lowest BCUT2D eigenvalue weighted by Gasteiger charge is -2.16. The average molecular weight is 173 g/mol. The minimum Gasteiger partial charge on any atom is -0.498 e. The summed E-state index contributed by atoms with van der Waals surface area (Å²) in [5.74, 6) is 1.00. The van der Waals surface area contributed by atoms with E-state index >= 15 is 0 Å². The van der Waals surface area contributed by atoms with Crippen LogP contribution in [0.1, 0.15) is 18.1 Å². The first-order chi connectivity index (χ1) is 6.40. The van der Waals surface area contributed by atoms with E-state index < -0.39 is 0 Å². The van der Waals surface area contributed by atoms with Crippen molar-refractivity contribution in [2.45, 2.75) is 13.3 Å². The van der Waals surface area contributed by atoms with Crippen molar-refractivity contribution in [3.8, 4) is 0 Å². The molecular weight excluding hydrogens is 160 g/mol. The number of hydrogen-bond donors (Lipinski definition) is 0. The van der Waals surface area contributed by atoms with E-state index in [1.165, 1.54) is 11.1 Å². The molecule has 1 heteroatoms. The third kappa shape index (κ3) is 1.74. The molecule has 0 fully saturated rings. The molecule has 0 aromatic heterocycles. The summed E-state index contributed by atoms with van der Waals surface area (Å²) >= 11 is 0. The first-order valence-electron chi connectivity index (χ1n) is 4.66. The van der Waals surface area contributed by atoms with Crippen molar-refractivity contribution in [3.05, 3.63) is 53.6 Å². The first kappa shape index (κ1) is 8.36. The van der Waals surface area contributed by atoms with Crippen LogP contribution in [0.5, 0.6) is 0 Å². The summed E-state index contributed by atoms with van der Waals surface area (Å²) in [6.45, 7) is 2.75. The van der Waals surface area contributed by atoms with Crippen LogP contribution in [0.25, 0.3) is 0 Å². The molecule has 0 N–H and O–H groups in total. The lowest BCUT2D eigenvalue weighted by Crippen LogP contribution is -2.03. The Morgan fingerprint density at radius 2 is 2.15 bits per heavy atom. The van der Waals surface area contributed by atoms with Crippen LogP contribution in [0.2, 0.25) is 0 Å². The standard InChI is InChI=1S/C12H13O/c1-2-13-12-8-7-10-5-3-4-6-11(10)9-12/h3-6,8-9H,2,7H2,1H3. The molecule has 0 unspecified atom stereocenters. The Hall–Kier alpha value is -1.24. The highest BCUT2D eigenvalue weighted by molar-refractivity contribution is 5.43. The molecule has 0 atom stereocenters. The average Bonchev–Trinajstić information content (AvgIpc) is 2.18. The van der Waals surface area contributed by atoms with Gasteiger partial charge in [-0.2, -0.15) is 0 Å². The van der Waals surface area contributed by atoms with Crippen molar-refractivity contribution >= 4 is 0 Å². The van der Waals surface area contributed by atoms with Crippen molar-refractivity contribution in [3.63, 3.8) is 0 Å². The van der Waals surface area contributed by atoms with E-state index in [9.17, 15) is 0 Å². The van der Waals surface area contributed by atoms with Crippen LogP contribution in [-0.2, 0) is 11.2 Å². The number of allylic oxidation sites excluding steroid dienone is 2. The number of benzene rings is 1. The lowest BCUT2D eigenvalue weighted by atomic mass is 9.96. The fourth-order valence-corrected chi connectivity index (χ4v) is 1.55. The molecule has 1 aliphatic carbocycles. The lowest BCUT2D eigenvalue weighted by molar-refractivity contribution is 0.235. The second kappa shape index (κ2) is 3.65. The molecule has 1 aliphatic rings. The number of ether oxygens (including phenoxy) is 1. The van der Waals surface area contributed by atoms with E-state index in [4.69, 9.17) is 4.74 Å². The molecule has 0 bridgehead atoms. The topological polar surface area (TPSA) is 9.23 Å². The minimum atomic E-state index is 0.741. The summed E-state index contributed by atoms with van der Waals surface area (Å²) in [4.78, 5) is 0. The van der Waals surface area contributed by atoms with Gasteiger partial charge in [0.2, 0.25) is 0 Å². The molecule has 1 aromatic rings. The molecule has 2 rings (SSSR count). The van der Waals surface area contributed by atoms with E-state index in [1.54, 1.807) is 0 Å². The quantitative estimate of drug-likeness (QED) is 0.668. The Balaban J connectivity index is 2.18. The Kier molecular flexibility index (Phi) is 2.35. The van der Waals surface area contributed by atoms with Crippen molar-refractivity contribution < 1.29 is 4.74 Å². The minimum absolute atomic E-state index is 0.741. The predicted molar refractivity (Wildman–Crippen MR) is 53.3 cm³/mol. The van der Waals surface area contributed by atoms with Crippen LogP contribution in [0, 0.1) is 6.42 Å². The Morgan fingerprint density at radius 3 is 3.00 bits per heavy atom. The fraction of sp³-hybridized carbons (Fsp3) is 0.250. The summed E-state index contributed by atoms with van der Waals surface area (Å²) < 4.78 is 5.45. The molecule has 1 nitrogen and oxygen atoms in total. The second-order valence-corrected chi connectivity index (χ2v) is 3.09. The van der Waals surface area contributed by atoms with Crippen LogP contribution >= 0.6 is 0 Å². The van der Waals surface area contributed by atoms with Crippen molar-refractivity contribution in [1.29, 1.82) is 0 Å². The van der Waals surface area contributed by atoms with Gasteiger partial charge in [0.15, 0.2) is 0 Å². The molecule has 0 aliphatic heterocycles. The molecule has 0 saturated carbocycles. The van der Waals surface area contributed by atoms with Crippen LogP contribution in [0.3, 0.4) is 0 Å². The van der Waals surface area contributed by atoms with Gasteiger partial charge in [0, 0.05) is 0 Å². The van der Waals surface area contributed by atoms with Gasteiger partial charge in [-0.3, -0.25) is 0 Å². The molecule has 0 heterocycles. The normalized spacial score (nSPS) is 14.7. The third-order valence-corrected chi connectivity index (χ3v) is 2.19. The maximum absolute atomic E-state index is 5.45. The highest BCUT2D eigenvalue weighted by atomic mass is 16.5. The van der Waals surface area contributed by atoms with E-state index in [2.05, 4.69) is 36.8 Å². The zero-order chi connectivity index (χ0) is 9.10. The van der Waals surface area contributed by atoms with Gasteiger partial charge in [-0.15, -0.1) is 0 Å². The van der Waals surface area contributed by atoms with E-state index in [0.717, 1.165) is 18.8 Å². The monoisotopic (exact) mass is 173 g/mol. The molecular formula is C12H13O. The van der Waals surface area contributed by atoms with Gasteiger partial charge < -0.3 is 4.74 Å².